The van der Waals surface area contributed by atoms with E-state index in [2.05, 4.69) is 20.9 Å². The van der Waals surface area contributed by atoms with E-state index < -0.39 is 15.3 Å². The van der Waals surface area contributed by atoms with Gasteiger partial charge in [-0.15, -0.1) is 5.06 Å². The zero-order valence-electron chi connectivity index (χ0n) is 14.2. The van der Waals surface area contributed by atoms with Crippen molar-refractivity contribution in [3.05, 3.63) is 16.7 Å². The number of rotatable bonds is 3. The summed E-state index contributed by atoms with van der Waals surface area (Å²) in [5.74, 6) is 0.322. The highest BCUT2D eigenvalue weighted by molar-refractivity contribution is 9.10. The first kappa shape index (κ1) is 19.1. The molecule has 7 nitrogen and oxygen atoms in total. The molecule has 1 saturated heterocycles. The standard InChI is InChI=1S/C15H22BrN3O4S/c1-15(2,3)14(20)23-19-7-5-18(6-8-19)13-10-11(24(4,21)22)9-12(16)17-13/h9-10H,5-8H2,1-4H3. The lowest BCUT2D eigenvalue weighted by atomic mass is 9.98. The van der Waals surface area contributed by atoms with Crippen molar-refractivity contribution in [2.24, 2.45) is 5.41 Å². The number of nitrogens with zero attached hydrogens (tertiary/aromatic N) is 3. The molecule has 0 atom stereocenters. The van der Waals surface area contributed by atoms with Gasteiger partial charge in [-0.1, -0.05) is 0 Å². The van der Waals surface area contributed by atoms with Crippen LogP contribution in [0.15, 0.2) is 21.6 Å². The predicted octanol–water partition coefficient (Wildman–Crippen LogP) is 1.87. The molecule has 0 bridgehead atoms. The Kier molecular flexibility index (Phi) is 5.56. The Balaban J connectivity index is 2.05. The molecule has 1 aliphatic rings. The summed E-state index contributed by atoms with van der Waals surface area (Å²) in [6.07, 6.45) is 1.17. The van der Waals surface area contributed by atoms with Crippen molar-refractivity contribution in [3.63, 3.8) is 0 Å². The van der Waals surface area contributed by atoms with Gasteiger partial charge in [0, 0.05) is 19.3 Å². The van der Waals surface area contributed by atoms with Crippen LogP contribution in [0, 0.1) is 5.41 Å². The van der Waals surface area contributed by atoms with Crippen molar-refractivity contribution in [2.75, 3.05) is 37.3 Å². The van der Waals surface area contributed by atoms with Crippen molar-refractivity contribution in [3.8, 4) is 0 Å². The van der Waals surface area contributed by atoms with E-state index in [4.69, 9.17) is 4.84 Å². The van der Waals surface area contributed by atoms with Crippen molar-refractivity contribution in [1.82, 2.24) is 10.0 Å². The van der Waals surface area contributed by atoms with Crippen molar-refractivity contribution < 1.29 is 18.0 Å². The molecule has 0 aliphatic carbocycles. The van der Waals surface area contributed by atoms with Gasteiger partial charge < -0.3 is 9.74 Å². The maximum atomic E-state index is 11.9. The van der Waals surface area contributed by atoms with Crippen LogP contribution in [0.5, 0.6) is 0 Å². The van der Waals surface area contributed by atoms with E-state index >= 15 is 0 Å². The molecule has 0 aromatic carbocycles. The molecule has 0 unspecified atom stereocenters. The second kappa shape index (κ2) is 6.97. The third-order valence-corrected chi connectivity index (χ3v) is 5.07. The highest BCUT2D eigenvalue weighted by Gasteiger charge is 2.28. The topological polar surface area (TPSA) is 79.8 Å². The minimum Gasteiger partial charge on any atom is -0.367 e. The summed E-state index contributed by atoms with van der Waals surface area (Å²) in [5, 5.41) is 1.64. The van der Waals surface area contributed by atoms with Crippen LogP contribution in [0.3, 0.4) is 0 Å². The second-order valence-electron chi connectivity index (χ2n) is 6.80. The monoisotopic (exact) mass is 419 g/mol. The summed E-state index contributed by atoms with van der Waals surface area (Å²) >= 11 is 3.26. The highest BCUT2D eigenvalue weighted by Crippen LogP contribution is 2.23. The normalized spacial score (nSPS) is 17.0. The van der Waals surface area contributed by atoms with Gasteiger partial charge in [0.25, 0.3) is 0 Å². The lowest BCUT2D eigenvalue weighted by Crippen LogP contribution is -2.48. The molecule has 0 spiro atoms. The van der Waals surface area contributed by atoms with E-state index in [-0.39, 0.29) is 10.9 Å². The molecule has 134 valence electrons. The highest BCUT2D eigenvalue weighted by atomic mass is 79.9. The summed E-state index contributed by atoms with van der Waals surface area (Å²) < 4.78 is 24.0. The molecular formula is C15H22BrN3O4S. The average Bonchev–Trinajstić information content (AvgIpc) is 2.45. The molecule has 0 N–H and O–H groups in total. The van der Waals surface area contributed by atoms with E-state index in [0.29, 0.717) is 36.6 Å². The lowest BCUT2D eigenvalue weighted by molar-refractivity contribution is -0.201. The SMILES string of the molecule is CC(C)(C)C(=O)ON1CCN(c2cc(S(C)(=O)=O)cc(Br)n2)CC1. The number of pyridine rings is 1. The van der Waals surface area contributed by atoms with Crippen LogP contribution in [0.25, 0.3) is 0 Å². The number of carbonyl (C=O) groups excluding carboxylic acids is 1. The quantitative estimate of drug-likeness (QED) is 0.691. The van der Waals surface area contributed by atoms with Crippen LogP contribution in [0.2, 0.25) is 0 Å². The number of hydrogen-bond donors (Lipinski definition) is 0. The Morgan fingerprint density at radius 2 is 1.79 bits per heavy atom. The molecule has 1 aliphatic heterocycles. The van der Waals surface area contributed by atoms with Crippen LogP contribution >= 0.6 is 15.9 Å². The number of hydroxylamine groups is 2. The van der Waals surface area contributed by atoms with Gasteiger partial charge in [-0.25, -0.2) is 18.2 Å². The molecule has 0 radical (unpaired) electrons. The summed E-state index contributed by atoms with van der Waals surface area (Å²) in [6, 6.07) is 3.05. The van der Waals surface area contributed by atoms with E-state index in [9.17, 15) is 13.2 Å². The van der Waals surface area contributed by atoms with Crippen LogP contribution in [-0.4, -0.2) is 56.9 Å². The van der Waals surface area contributed by atoms with Gasteiger partial charge in [0.1, 0.15) is 10.4 Å². The van der Waals surface area contributed by atoms with Gasteiger partial charge in [-0.05, 0) is 48.8 Å². The Morgan fingerprint density at radius 3 is 2.29 bits per heavy atom. The first-order valence-electron chi connectivity index (χ1n) is 7.57. The Labute approximate surface area is 151 Å². The Hall–Kier alpha value is -1.19. The van der Waals surface area contributed by atoms with E-state index in [0.717, 1.165) is 0 Å². The van der Waals surface area contributed by atoms with E-state index in [1.807, 2.05) is 25.7 Å². The zero-order chi connectivity index (χ0) is 18.1. The van der Waals surface area contributed by atoms with Gasteiger partial charge in [0.2, 0.25) is 0 Å². The first-order chi connectivity index (χ1) is 11.0. The zero-order valence-corrected chi connectivity index (χ0v) is 16.6. The second-order valence-corrected chi connectivity index (χ2v) is 9.63. The minimum absolute atomic E-state index is 0.223. The number of carbonyl (C=O) groups is 1. The molecular weight excluding hydrogens is 398 g/mol. The lowest BCUT2D eigenvalue weighted by Gasteiger charge is -2.35. The fraction of sp³-hybridized carbons (Fsp3) is 0.600. The largest absolute Gasteiger partial charge is 0.367 e. The molecule has 1 fully saturated rings. The smallest absolute Gasteiger partial charge is 0.330 e. The molecule has 1 aromatic rings. The third-order valence-electron chi connectivity index (χ3n) is 3.57. The van der Waals surface area contributed by atoms with E-state index in [1.165, 1.54) is 12.3 Å². The summed E-state index contributed by atoms with van der Waals surface area (Å²) in [6.45, 7) is 7.67. The maximum Gasteiger partial charge on any atom is 0.330 e. The fourth-order valence-corrected chi connectivity index (χ4v) is 3.32. The van der Waals surface area contributed by atoms with Crippen LogP contribution < -0.4 is 4.90 Å². The molecule has 0 saturated carbocycles. The minimum atomic E-state index is -3.31. The number of hydrogen-bond acceptors (Lipinski definition) is 7. The van der Waals surface area contributed by atoms with Crippen molar-refractivity contribution in [2.45, 2.75) is 25.7 Å². The summed E-state index contributed by atoms with van der Waals surface area (Å²) in [7, 11) is -3.31. The van der Waals surface area contributed by atoms with Crippen LogP contribution in [-0.2, 0) is 19.5 Å². The van der Waals surface area contributed by atoms with Crippen molar-refractivity contribution in [1.29, 1.82) is 0 Å². The number of aromatic nitrogens is 1. The van der Waals surface area contributed by atoms with Crippen LogP contribution in [0.4, 0.5) is 5.82 Å². The fourth-order valence-electron chi connectivity index (χ4n) is 2.10. The van der Waals surface area contributed by atoms with Gasteiger partial charge >= 0.3 is 5.97 Å². The summed E-state index contributed by atoms with van der Waals surface area (Å²) in [4.78, 5) is 23.8. The van der Waals surface area contributed by atoms with Gasteiger partial charge in [0.05, 0.1) is 23.4 Å². The molecule has 2 heterocycles. The first-order valence-corrected chi connectivity index (χ1v) is 10.3. The van der Waals surface area contributed by atoms with Crippen molar-refractivity contribution >= 4 is 37.6 Å². The number of sulfone groups is 1. The molecule has 1 aromatic heterocycles. The van der Waals surface area contributed by atoms with Gasteiger partial charge in [-0.2, -0.15) is 0 Å². The predicted molar refractivity (Wildman–Crippen MR) is 94.4 cm³/mol. The van der Waals surface area contributed by atoms with Crippen LogP contribution in [0.1, 0.15) is 20.8 Å². The Bertz CT molecular complexity index is 723. The molecule has 0 amide bonds. The number of piperazine rings is 1. The molecule has 9 heteroatoms. The third kappa shape index (κ3) is 4.90. The van der Waals surface area contributed by atoms with E-state index in [1.54, 1.807) is 11.1 Å². The maximum absolute atomic E-state index is 11.9. The average molecular weight is 420 g/mol. The summed E-state index contributed by atoms with van der Waals surface area (Å²) in [5.41, 5.74) is -0.548. The van der Waals surface area contributed by atoms with Gasteiger partial charge in [0.15, 0.2) is 9.84 Å². The number of halogens is 1. The number of anilines is 1. The molecule has 24 heavy (non-hydrogen) atoms. The Morgan fingerprint density at radius 1 is 1.21 bits per heavy atom. The molecule has 2 rings (SSSR count). The van der Waals surface area contributed by atoms with Gasteiger partial charge in [-0.3, -0.25) is 0 Å².